The van der Waals surface area contributed by atoms with Crippen LogP contribution in [0.25, 0.3) is 0 Å². The van der Waals surface area contributed by atoms with Crippen molar-refractivity contribution in [3.05, 3.63) is 41.1 Å². The summed E-state index contributed by atoms with van der Waals surface area (Å²) in [6.45, 7) is 2.66. The van der Waals surface area contributed by atoms with E-state index in [0.717, 1.165) is 22.6 Å². The first-order chi connectivity index (χ1) is 10.9. The maximum atomic E-state index is 11.7. The van der Waals surface area contributed by atoms with Crippen molar-refractivity contribution in [3.63, 3.8) is 0 Å². The van der Waals surface area contributed by atoms with Gasteiger partial charge >= 0.3 is 0 Å². The van der Waals surface area contributed by atoms with Crippen LogP contribution >= 0.6 is 0 Å². The van der Waals surface area contributed by atoms with E-state index in [0.29, 0.717) is 23.7 Å². The van der Waals surface area contributed by atoms with Crippen molar-refractivity contribution in [1.82, 2.24) is 9.78 Å². The van der Waals surface area contributed by atoms with Crippen LogP contribution in [-0.4, -0.2) is 34.0 Å². The number of benzene rings is 1. The number of aromatic nitrogens is 2. The lowest BCUT2D eigenvalue weighted by atomic mass is 9.97. The van der Waals surface area contributed by atoms with E-state index >= 15 is 0 Å². The third kappa shape index (κ3) is 2.80. The van der Waals surface area contributed by atoms with Crippen molar-refractivity contribution in [3.8, 4) is 0 Å². The molecule has 1 amide bonds. The van der Waals surface area contributed by atoms with Crippen LogP contribution in [0.4, 0.5) is 11.5 Å². The molecule has 1 aliphatic heterocycles. The molecule has 1 aromatic carbocycles. The highest BCUT2D eigenvalue weighted by Crippen LogP contribution is 2.28. The number of hydrogen-bond acceptors (Lipinski definition) is 5. The van der Waals surface area contributed by atoms with Gasteiger partial charge in [0.15, 0.2) is 0 Å². The Hall–Kier alpha value is -2.38. The van der Waals surface area contributed by atoms with Gasteiger partial charge in [0, 0.05) is 26.7 Å². The van der Waals surface area contributed by atoms with Crippen molar-refractivity contribution >= 4 is 17.4 Å². The second-order valence-electron chi connectivity index (χ2n) is 6.05. The second kappa shape index (κ2) is 5.68. The van der Waals surface area contributed by atoms with Crippen LogP contribution in [-0.2, 0) is 24.8 Å². The lowest BCUT2D eigenvalue weighted by Gasteiger charge is -2.28. The summed E-state index contributed by atoms with van der Waals surface area (Å²) in [4.78, 5) is 13.8. The van der Waals surface area contributed by atoms with Crippen molar-refractivity contribution < 1.29 is 10.0 Å². The summed E-state index contributed by atoms with van der Waals surface area (Å²) in [6, 6.07) is 7.00. The van der Waals surface area contributed by atoms with E-state index in [1.165, 1.54) is 0 Å². The topological polar surface area (TPSA) is 87.6 Å². The van der Waals surface area contributed by atoms with Crippen LogP contribution in [0, 0.1) is 6.92 Å². The number of fused-ring (bicyclic) bond motifs is 1. The molecule has 122 valence electrons. The van der Waals surface area contributed by atoms with Gasteiger partial charge in [-0.3, -0.25) is 14.7 Å². The fourth-order valence-corrected chi connectivity index (χ4v) is 3.02. The van der Waals surface area contributed by atoms with Crippen LogP contribution in [0.2, 0.25) is 0 Å². The Kier molecular flexibility index (Phi) is 3.83. The Morgan fingerprint density at radius 2 is 2.17 bits per heavy atom. The molecule has 0 fully saturated rings. The molecule has 1 atom stereocenters. The van der Waals surface area contributed by atoms with Crippen LogP contribution < -0.4 is 15.7 Å². The molecule has 2 aromatic rings. The quantitative estimate of drug-likeness (QED) is 0.824. The zero-order chi connectivity index (χ0) is 16.7. The average Bonchev–Trinajstić information content (AvgIpc) is 2.83. The SMILES string of the molecule is Cc1cc(N(C)Cc2ccc3c(c2)C[C@H](N)C(=O)N3O)n(C)n1. The molecule has 0 spiro atoms. The van der Waals surface area contributed by atoms with Gasteiger partial charge in [-0.1, -0.05) is 12.1 Å². The molecule has 3 rings (SSSR count). The van der Waals surface area contributed by atoms with E-state index in [1.807, 2.05) is 43.9 Å². The lowest BCUT2D eigenvalue weighted by molar-refractivity contribution is -0.125. The molecule has 0 unspecified atom stereocenters. The number of anilines is 2. The molecule has 0 saturated heterocycles. The highest BCUT2D eigenvalue weighted by atomic mass is 16.5. The van der Waals surface area contributed by atoms with Crippen molar-refractivity contribution in [2.45, 2.75) is 25.9 Å². The molecular weight excluding hydrogens is 294 g/mol. The van der Waals surface area contributed by atoms with Gasteiger partial charge in [-0.2, -0.15) is 10.2 Å². The summed E-state index contributed by atoms with van der Waals surface area (Å²) in [5, 5.41) is 14.9. The average molecular weight is 315 g/mol. The van der Waals surface area contributed by atoms with Crippen molar-refractivity contribution in [1.29, 1.82) is 0 Å². The molecule has 0 radical (unpaired) electrons. The smallest absolute Gasteiger partial charge is 0.267 e. The fourth-order valence-electron chi connectivity index (χ4n) is 3.02. The minimum Gasteiger partial charge on any atom is -0.356 e. The zero-order valence-corrected chi connectivity index (χ0v) is 13.5. The maximum Gasteiger partial charge on any atom is 0.267 e. The first kappa shape index (κ1) is 15.5. The summed E-state index contributed by atoms with van der Waals surface area (Å²) < 4.78 is 1.85. The fraction of sp³-hybridized carbons (Fsp3) is 0.375. The lowest BCUT2D eigenvalue weighted by Crippen LogP contribution is -2.47. The van der Waals surface area contributed by atoms with E-state index in [1.54, 1.807) is 6.07 Å². The van der Waals surface area contributed by atoms with Gasteiger partial charge in [-0.15, -0.1) is 0 Å². The summed E-state index contributed by atoms with van der Waals surface area (Å²) in [6.07, 6.45) is 0.438. The molecule has 0 saturated carbocycles. The number of amides is 1. The monoisotopic (exact) mass is 315 g/mol. The Labute approximate surface area is 134 Å². The normalized spacial score (nSPS) is 17.3. The minimum atomic E-state index is -0.694. The molecular formula is C16H21N5O2. The second-order valence-corrected chi connectivity index (χ2v) is 6.05. The number of carbonyl (C=O) groups excluding carboxylic acids is 1. The summed E-state index contributed by atoms with van der Waals surface area (Å²) >= 11 is 0. The highest BCUT2D eigenvalue weighted by molar-refractivity contribution is 5.98. The third-order valence-electron chi connectivity index (χ3n) is 4.13. The largest absolute Gasteiger partial charge is 0.356 e. The van der Waals surface area contributed by atoms with E-state index < -0.39 is 11.9 Å². The molecule has 2 heterocycles. The number of carbonyl (C=O) groups is 1. The number of rotatable bonds is 3. The minimum absolute atomic E-state index is 0.438. The Morgan fingerprint density at radius 1 is 1.43 bits per heavy atom. The third-order valence-corrected chi connectivity index (χ3v) is 4.13. The van der Waals surface area contributed by atoms with E-state index in [-0.39, 0.29) is 0 Å². The number of hydrogen-bond donors (Lipinski definition) is 2. The standard InChI is InChI=1S/C16H21N5O2/c1-10-6-15(20(3)18-10)19(2)9-11-4-5-14-12(7-11)8-13(17)16(22)21(14)23/h4-7,13,23H,8-9,17H2,1-3H3/t13-/m0/s1. The number of aryl methyl sites for hydroxylation is 2. The Morgan fingerprint density at radius 3 is 2.83 bits per heavy atom. The van der Waals surface area contributed by atoms with Crippen LogP contribution in [0.1, 0.15) is 16.8 Å². The van der Waals surface area contributed by atoms with E-state index in [9.17, 15) is 10.0 Å². The number of hydroxylamine groups is 1. The van der Waals surface area contributed by atoms with Gasteiger partial charge in [0.1, 0.15) is 5.82 Å². The molecule has 7 heteroatoms. The molecule has 0 aliphatic carbocycles. The number of nitrogens with two attached hydrogens (primary N) is 1. The Bertz CT molecular complexity index is 755. The maximum absolute atomic E-state index is 11.7. The first-order valence-corrected chi connectivity index (χ1v) is 7.49. The molecule has 0 bridgehead atoms. The summed E-state index contributed by atoms with van der Waals surface area (Å²) in [5.41, 5.74) is 9.23. The van der Waals surface area contributed by atoms with Gasteiger partial charge in [-0.05, 0) is 30.5 Å². The van der Waals surface area contributed by atoms with Gasteiger partial charge in [0.25, 0.3) is 5.91 Å². The van der Waals surface area contributed by atoms with Crippen LogP contribution in [0.5, 0.6) is 0 Å². The number of nitrogens with zero attached hydrogens (tertiary/aromatic N) is 4. The van der Waals surface area contributed by atoms with Crippen molar-refractivity contribution in [2.75, 3.05) is 17.0 Å². The highest BCUT2D eigenvalue weighted by Gasteiger charge is 2.29. The predicted molar refractivity (Wildman–Crippen MR) is 87.4 cm³/mol. The summed E-state index contributed by atoms with van der Waals surface area (Å²) in [5.74, 6) is 0.559. The van der Waals surface area contributed by atoms with Gasteiger partial charge in [0.05, 0.1) is 17.4 Å². The van der Waals surface area contributed by atoms with Gasteiger partial charge < -0.3 is 10.6 Å². The zero-order valence-electron chi connectivity index (χ0n) is 13.5. The predicted octanol–water partition coefficient (Wildman–Crippen LogP) is 0.971. The molecule has 3 N–H and O–H groups in total. The summed E-state index contributed by atoms with van der Waals surface area (Å²) in [7, 11) is 3.92. The van der Waals surface area contributed by atoms with Gasteiger partial charge in [0.2, 0.25) is 0 Å². The van der Waals surface area contributed by atoms with E-state index in [4.69, 9.17) is 5.73 Å². The molecule has 1 aromatic heterocycles. The molecule has 7 nitrogen and oxygen atoms in total. The van der Waals surface area contributed by atoms with Crippen LogP contribution in [0.3, 0.4) is 0 Å². The van der Waals surface area contributed by atoms with Crippen molar-refractivity contribution in [2.24, 2.45) is 12.8 Å². The van der Waals surface area contributed by atoms with E-state index in [2.05, 4.69) is 10.00 Å². The van der Waals surface area contributed by atoms with Gasteiger partial charge in [-0.25, -0.2) is 0 Å². The first-order valence-electron chi connectivity index (χ1n) is 7.49. The Balaban J connectivity index is 1.84. The molecule has 23 heavy (non-hydrogen) atoms. The van der Waals surface area contributed by atoms with Crippen LogP contribution in [0.15, 0.2) is 24.3 Å². The molecule has 1 aliphatic rings.